The van der Waals surface area contributed by atoms with E-state index in [9.17, 15) is 14.7 Å². The minimum Gasteiger partial charge on any atom is -0.480 e. The van der Waals surface area contributed by atoms with Gasteiger partial charge in [-0.1, -0.05) is 26.7 Å². The SMILES string of the molecule is COCCC(C)(C)CNC(=O)N1CCCCCC1C(=O)O. The first-order valence-corrected chi connectivity index (χ1v) is 7.63. The molecule has 0 saturated carbocycles. The van der Waals surface area contributed by atoms with Gasteiger partial charge in [0.05, 0.1) is 0 Å². The van der Waals surface area contributed by atoms with Gasteiger partial charge in [-0.25, -0.2) is 9.59 Å². The van der Waals surface area contributed by atoms with E-state index in [1.807, 2.05) is 0 Å². The van der Waals surface area contributed by atoms with Gasteiger partial charge < -0.3 is 20.1 Å². The average molecular weight is 300 g/mol. The van der Waals surface area contributed by atoms with E-state index in [-0.39, 0.29) is 11.4 Å². The molecule has 0 aromatic rings. The molecule has 1 heterocycles. The van der Waals surface area contributed by atoms with Gasteiger partial charge in [0.1, 0.15) is 6.04 Å². The van der Waals surface area contributed by atoms with Gasteiger partial charge in [0.2, 0.25) is 0 Å². The Morgan fingerprint density at radius 1 is 1.33 bits per heavy atom. The first-order chi connectivity index (χ1) is 9.87. The number of carboxylic acid groups (broad SMARTS) is 1. The number of amides is 2. The molecule has 1 aliphatic heterocycles. The number of methoxy groups -OCH3 is 1. The zero-order valence-corrected chi connectivity index (χ0v) is 13.4. The van der Waals surface area contributed by atoms with Crippen molar-refractivity contribution in [2.24, 2.45) is 5.41 Å². The van der Waals surface area contributed by atoms with Crippen LogP contribution in [-0.4, -0.2) is 54.9 Å². The quantitative estimate of drug-likeness (QED) is 0.787. The molecule has 0 bridgehead atoms. The maximum atomic E-state index is 12.3. The molecule has 0 aliphatic carbocycles. The average Bonchev–Trinajstić information content (AvgIpc) is 2.68. The van der Waals surface area contributed by atoms with E-state index in [1.54, 1.807) is 7.11 Å². The highest BCUT2D eigenvalue weighted by molar-refractivity contribution is 5.82. The van der Waals surface area contributed by atoms with Crippen molar-refractivity contribution in [3.63, 3.8) is 0 Å². The van der Waals surface area contributed by atoms with Crippen LogP contribution in [0.15, 0.2) is 0 Å². The summed E-state index contributed by atoms with van der Waals surface area (Å²) in [7, 11) is 1.66. The van der Waals surface area contributed by atoms with Crippen LogP contribution in [0.3, 0.4) is 0 Å². The van der Waals surface area contributed by atoms with Crippen LogP contribution in [0.25, 0.3) is 0 Å². The normalized spacial score (nSPS) is 20.0. The van der Waals surface area contributed by atoms with Crippen molar-refractivity contribution in [2.75, 3.05) is 26.8 Å². The van der Waals surface area contributed by atoms with Gasteiger partial charge in [-0.2, -0.15) is 0 Å². The molecular formula is C15H28N2O4. The maximum Gasteiger partial charge on any atom is 0.326 e. The highest BCUT2D eigenvalue weighted by Gasteiger charge is 2.31. The zero-order chi connectivity index (χ0) is 15.9. The molecule has 1 atom stereocenters. The number of carboxylic acids is 1. The topological polar surface area (TPSA) is 78.9 Å². The van der Waals surface area contributed by atoms with Gasteiger partial charge in [0.15, 0.2) is 0 Å². The Bertz CT molecular complexity index is 358. The number of likely N-dealkylation sites (tertiary alicyclic amines) is 1. The van der Waals surface area contributed by atoms with Crippen LogP contribution in [0.2, 0.25) is 0 Å². The van der Waals surface area contributed by atoms with Crippen molar-refractivity contribution in [1.82, 2.24) is 10.2 Å². The smallest absolute Gasteiger partial charge is 0.326 e. The van der Waals surface area contributed by atoms with Crippen molar-refractivity contribution in [2.45, 2.75) is 52.0 Å². The number of carbonyl (C=O) groups excluding carboxylic acids is 1. The predicted molar refractivity (Wildman–Crippen MR) is 80.3 cm³/mol. The lowest BCUT2D eigenvalue weighted by atomic mass is 9.90. The first-order valence-electron chi connectivity index (χ1n) is 7.63. The molecular weight excluding hydrogens is 272 g/mol. The summed E-state index contributed by atoms with van der Waals surface area (Å²) in [6.07, 6.45) is 4.08. The summed E-state index contributed by atoms with van der Waals surface area (Å²) in [6, 6.07) is -0.968. The molecule has 122 valence electrons. The molecule has 0 radical (unpaired) electrons. The number of hydrogen-bond acceptors (Lipinski definition) is 3. The third-order valence-corrected chi connectivity index (χ3v) is 4.00. The van der Waals surface area contributed by atoms with Crippen LogP contribution in [0, 0.1) is 5.41 Å². The molecule has 1 unspecified atom stereocenters. The Kier molecular flexibility index (Phi) is 6.95. The number of nitrogens with one attached hydrogen (secondary N) is 1. The summed E-state index contributed by atoms with van der Waals surface area (Å²) in [6.45, 7) is 5.79. The molecule has 1 aliphatic rings. The van der Waals surface area contributed by atoms with Crippen molar-refractivity contribution >= 4 is 12.0 Å². The summed E-state index contributed by atoms with van der Waals surface area (Å²) in [5.74, 6) is -0.911. The van der Waals surface area contributed by atoms with Crippen molar-refractivity contribution < 1.29 is 19.4 Å². The van der Waals surface area contributed by atoms with Crippen molar-refractivity contribution in [3.8, 4) is 0 Å². The van der Waals surface area contributed by atoms with E-state index in [0.717, 1.165) is 25.7 Å². The molecule has 0 aromatic carbocycles. The van der Waals surface area contributed by atoms with Crippen molar-refractivity contribution in [1.29, 1.82) is 0 Å². The monoisotopic (exact) mass is 300 g/mol. The fourth-order valence-electron chi connectivity index (χ4n) is 2.49. The molecule has 21 heavy (non-hydrogen) atoms. The number of aliphatic carboxylic acids is 1. The van der Waals surface area contributed by atoms with Crippen LogP contribution < -0.4 is 5.32 Å². The number of rotatable bonds is 6. The summed E-state index contributed by atoms with van der Waals surface area (Å²) in [5, 5.41) is 12.2. The molecule has 6 nitrogen and oxygen atoms in total. The lowest BCUT2D eigenvalue weighted by Gasteiger charge is -2.30. The Morgan fingerprint density at radius 2 is 2.05 bits per heavy atom. The number of nitrogens with zero attached hydrogens (tertiary/aromatic N) is 1. The third-order valence-electron chi connectivity index (χ3n) is 4.00. The molecule has 6 heteroatoms. The van der Waals surface area contributed by atoms with Gasteiger partial charge in [-0.3, -0.25) is 0 Å². The number of hydrogen-bond donors (Lipinski definition) is 2. The Balaban J connectivity index is 2.57. The lowest BCUT2D eigenvalue weighted by molar-refractivity contribution is -0.142. The van der Waals surface area contributed by atoms with Gasteiger partial charge in [-0.15, -0.1) is 0 Å². The summed E-state index contributed by atoms with van der Waals surface area (Å²) in [4.78, 5) is 25.1. The van der Waals surface area contributed by atoms with Gasteiger partial charge in [-0.05, 0) is 24.7 Å². The minimum atomic E-state index is -0.911. The lowest BCUT2D eigenvalue weighted by Crippen LogP contribution is -2.50. The standard InChI is InChI=1S/C15H28N2O4/c1-15(2,8-10-21-3)11-16-14(20)17-9-6-4-5-7-12(17)13(18)19/h12H,4-11H2,1-3H3,(H,16,20)(H,18,19). The molecule has 1 saturated heterocycles. The van der Waals surface area contributed by atoms with Crippen molar-refractivity contribution in [3.05, 3.63) is 0 Å². The second kappa shape index (κ2) is 8.22. The Morgan fingerprint density at radius 3 is 2.67 bits per heavy atom. The molecule has 2 amide bonds. The number of carbonyl (C=O) groups is 2. The minimum absolute atomic E-state index is 0.0732. The van der Waals surface area contributed by atoms with E-state index in [0.29, 0.717) is 26.1 Å². The molecule has 0 aromatic heterocycles. The summed E-state index contributed by atoms with van der Waals surface area (Å²) in [5.41, 5.74) is -0.0732. The highest BCUT2D eigenvalue weighted by atomic mass is 16.5. The molecule has 1 fully saturated rings. The van der Waals surface area contributed by atoms with E-state index in [4.69, 9.17) is 4.74 Å². The molecule has 0 spiro atoms. The highest BCUT2D eigenvalue weighted by Crippen LogP contribution is 2.20. The summed E-state index contributed by atoms with van der Waals surface area (Å²) >= 11 is 0. The van der Waals surface area contributed by atoms with E-state index >= 15 is 0 Å². The maximum absolute atomic E-state index is 12.3. The third kappa shape index (κ3) is 5.91. The number of ether oxygens (including phenoxy) is 1. The summed E-state index contributed by atoms with van der Waals surface area (Å²) < 4.78 is 5.07. The van der Waals surface area contributed by atoms with E-state index < -0.39 is 12.0 Å². The van der Waals surface area contributed by atoms with Crippen LogP contribution in [0.4, 0.5) is 4.79 Å². The van der Waals surface area contributed by atoms with Crippen LogP contribution >= 0.6 is 0 Å². The molecule has 1 rings (SSSR count). The Hall–Kier alpha value is -1.30. The number of urea groups is 1. The second-order valence-electron chi connectivity index (χ2n) is 6.46. The largest absolute Gasteiger partial charge is 0.480 e. The fraction of sp³-hybridized carbons (Fsp3) is 0.867. The zero-order valence-electron chi connectivity index (χ0n) is 13.4. The van der Waals surface area contributed by atoms with Crippen LogP contribution in [0.1, 0.15) is 46.0 Å². The second-order valence-corrected chi connectivity index (χ2v) is 6.46. The fourth-order valence-corrected chi connectivity index (χ4v) is 2.49. The first kappa shape index (κ1) is 17.8. The van der Waals surface area contributed by atoms with Gasteiger partial charge in [0, 0.05) is 26.8 Å². The van der Waals surface area contributed by atoms with Crippen LogP contribution in [-0.2, 0) is 9.53 Å². The van der Waals surface area contributed by atoms with Gasteiger partial charge in [0.25, 0.3) is 0 Å². The molecule has 2 N–H and O–H groups in total. The predicted octanol–water partition coefficient (Wildman–Crippen LogP) is 2.09. The van der Waals surface area contributed by atoms with Gasteiger partial charge >= 0.3 is 12.0 Å². The van der Waals surface area contributed by atoms with E-state index in [2.05, 4.69) is 19.2 Å². The van der Waals surface area contributed by atoms with Crippen LogP contribution in [0.5, 0.6) is 0 Å². The Labute approximate surface area is 126 Å². The van der Waals surface area contributed by atoms with E-state index in [1.165, 1.54) is 4.90 Å².